The number of terminal acetylenes is 1. The molecule has 1 aromatic heterocycles. The van der Waals surface area contributed by atoms with Crippen molar-refractivity contribution in [1.29, 1.82) is 0 Å². The van der Waals surface area contributed by atoms with Crippen LogP contribution in [0.15, 0.2) is 10.7 Å². The summed E-state index contributed by atoms with van der Waals surface area (Å²) in [4.78, 5) is 8.58. The Morgan fingerprint density at radius 2 is 2.33 bits per heavy atom. The van der Waals surface area contributed by atoms with Crippen LogP contribution in [0.1, 0.15) is 26.1 Å². The largest absolute Gasteiger partial charge is 0.367 e. The van der Waals surface area contributed by atoms with Crippen LogP contribution in [-0.4, -0.2) is 16.0 Å². The van der Waals surface area contributed by atoms with Crippen LogP contribution in [0.2, 0.25) is 0 Å². The molecule has 0 fully saturated rings. The molecule has 3 nitrogen and oxygen atoms in total. The Hall–Kier alpha value is -1.08. The lowest BCUT2D eigenvalue weighted by Crippen LogP contribution is -2.15. The monoisotopic (exact) mass is 267 g/mol. The maximum atomic E-state index is 5.24. The van der Waals surface area contributed by atoms with Crippen molar-refractivity contribution in [2.75, 3.05) is 5.32 Å². The van der Waals surface area contributed by atoms with Crippen LogP contribution >= 0.6 is 15.9 Å². The Bertz CT molecular complexity index is 371. The fourth-order valence-corrected chi connectivity index (χ4v) is 1.60. The average molecular weight is 268 g/mol. The zero-order chi connectivity index (χ0) is 11.3. The lowest BCUT2D eigenvalue weighted by atomic mass is 10.2. The lowest BCUT2D eigenvalue weighted by Gasteiger charge is -2.12. The van der Waals surface area contributed by atoms with Crippen LogP contribution in [0.3, 0.4) is 0 Å². The maximum Gasteiger partial charge on any atom is 0.131 e. The second-order valence-corrected chi connectivity index (χ2v) is 4.11. The van der Waals surface area contributed by atoms with Crippen LogP contribution in [0, 0.1) is 12.3 Å². The summed E-state index contributed by atoms with van der Waals surface area (Å²) < 4.78 is 0.796. The Kier molecular flexibility index (Phi) is 4.57. The van der Waals surface area contributed by atoms with Gasteiger partial charge in [0.25, 0.3) is 0 Å². The van der Waals surface area contributed by atoms with Crippen LogP contribution in [0.5, 0.6) is 0 Å². The first kappa shape index (κ1) is 12.0. The molecular formula is C11H14BrN3. The van der Waals surface area contributed by atoms with E-state index in [1.165, 1.54) is 0 Å². The standard InChI is InChI=1S/C11H14BrN3/c1-4-6-8(3)13-11-7-9(12)14-10(5-2)15-11/h1,7-8H,5-6H2,2-3H3,(H,13,14,15). The van der Waals surface area contributed by atoms with Gasteiger partial charge in [0.05, 0.1) is 0 Å². The van der Waals surface area contributed by atoms with Crippen molar-refractivity contribution in [3.63, 3.8) is 0 Å². The molecule has 0 amide bonds. The molecule has 0 saturated carbocycles. The third kappa shape index (κ3) is 3.88. The van der Waals surface area contributed by atoms with Crippen molar-refractivity contribution in [2.45, 2.75) is 32.7 Å². The highest BCUT2D eigenvalue weighted by molar-refractivity contribution is 9.10. The van der Waals surface area contributed by atoms with Gasteiger partial charge in [0.1, 0.15) is 16.2 Å². The van der Waals surface area contributed by atoms with Gasteiger partial charge in [-0.05, 0) is 22.9 Å². The van der Waals surface area contributed by atoms with Gasteiger partial charge in [0.2, 0.25) is 0 Å². The molecule has 80 valence electrons. The predicted octanol–water partition coefficient (Wildman–Crippen LogP) is 2.63. The number of nitrogens with one attached hydrogen (secondary N) is 1. The SMILES string of the molecule is C#CCC(C)Nc1cc(Br)nc(CC)n1. The molecule has 0 aliphatic rings. The molecule has 0 spiro atoms. The molecule has 0 radical (unpaired) electrons. The van der Waals surface area contributed by atoms with Crippen molar-refractivity contribution >= 4 is 21.7 Å². The van der Waals surface area contributed by atoms with E-state index in [1.807, 2.05) is 19.9 Å². The van der Waals surface area contributed by atoms with Crippen molar-refractivity contribution in [3.8, 4) is 12.3 Å². The highest BCUT2D eigenvalue weighted by Crippen LogP contribution is 2.13. The number of aromatic nitrogens is 2. The van der Waals surface area contributed by atoms with Crippen molar-refractivity contribution in [3.05, 3.63) is 16.5 Å². The number of hydrogen-bond acceptors (Lipinski definition) is 3. The van der Waals surface area contributed by atoms with Gasteiger partial charge >= 0.3 is 0 Å². The fourth-order valence-electron chi connectivity index (χ4n) is 1.18. The predicted molar refractivity (Wildman–Crippen MR) is 65.6 cm³/mol. The number of anilines is 1. The van der Waals surface area contributed by atoms with E-state index in [-0.39, 0.29) is 6.04 Å². The maximum absolute atomic E-state index is 5.24. The second kappa shape index (κ2) is 5.72. The first-order valence-corrected chi connectivity index (χ1v) is 5.68. The van der Waals surface area contributed by atoms with Gasteiger partial charge in [-0.25, -0.2) is 9.97 Å². The van der Waals surface area contributed by atoms with Gasteiger partial charge in [0, 0.05) is 24.9 Å². The summed E-state index contributed by atoms with van der Waals surface area (Å²) in [5.41, 5.74) is 0. The normalized spacial score (nSPS) is 11.9. The van der Waals surface area contributed by atoms with E-state index in [4.69, 9.17) is 6.42 Å². The first-order chi connectivity index (χ1) is 7.15. The zero-order valence-electron chi connectivity index (χ0n) is 8.92. The number of rotatable bonds is 4. The smallest absolute Gasteiger partial charge is 0.131 e. The molecule has 15 heavy (non-hydrogen) atoms. The number of halogens is 1. The second-order valence-electron chi connectivity index (χ2n) is 3.30. The third-order valence-corrected chi connectivity index (χ3v) is 2.28. The summed E-state index contributed by atoms with van der Waals surface area (Å²) in [7, 11) is 0. The van der Waals surface area contributed by atoms with E-state index in [0.717, 1.165) is 22.7 Å². The Morgan fingerprint density at radius 1 is 1.60 bits per heavy atom. The van der Waals surface area contributed by atoms with Crippen molar-refractivity contribution in [1.82, 2.24) is 9.97 Å². The first-order valence-electron chi connectivity index (χ1n) is 4.89. The number of aryl methyl sites for hydroxylation is 1. The molecule has 1 aromatic rings. The topological polar surface area (TPSA) is 37.8 Å². The van der Waals surface area contributed by atoms with E-state index in [2.05, 4.69) is 37.1 Å². The van der Waals surface area contributed by atoms with Gasteiger partial charge in [-0.3, -0.25) is 0 Å². The molecule has 0 aliphatic carbocycles. The summed E-state index contributed by atoms with van der Waals surface area (Å²) in [5.74, 6) is 4.25. The van der Waals surface area contributed by atoms with Crippen molar-refractivity contribution < 1.29 is 0 Å². The molecule has 1 heterocycles. The fraction of sp³-hybridized carbons (Fsp3) is 0.455. The molecule has 0 saturated heterocycles. The van der Waals surface area contributed by atoms with Gasteiger partial charge in [-0.15, -0.1) is 12.3 Å². The van der Waals surface area contributed by atoms with Gasteiger partial charge in [0.15, 0.2) is 0 Å². The van der Waals surface area contributed by atoms with E-state index in [0.29, 0.717) is 6.42 Å². The molecule has 0 bridgehead atoms. The molecule has 0 aliphatic heterocycles. The lowest BCUT2D eigenvalue weighted by molar-refractivity contribution is 0.812. The van der Waals surface area contributed by atoms with Crippen LogP contribution in [0.4, 0.5) is 5.82 Å². The molecule has 1 N–H and O–H groups in total. The molecule has 1 rings (SSSR count). The Morgan fingerprint density at radius 3 is 2.93 bits per heavy atom. The molecule has 1 atom stereocenters. The molecule has 4 heteroatoms. The van der Waals surface area contributed by atoms with E-state index in [1.54, 1.807) is 0 Å². The molecule has 0 aromatic carbocycles. The third-order valence-electron chi connectivity index (χ3n) is 1.88. The van der Waals surface area contributed by atoms with Crippen molar-refractivity contribution in [2.24, 2.45) is 0 Å². The minimum atomic E-state index is 0.224. The van der Waals surface area contributed by atoms with Gasteiger partial charge in [-0.2, -0.15) is 0 Å². The number of hydrogen-bond donors (Lipinski definition) is 1. The number of nitrogens with zero attached hydrogens (tertiary/aromatic N) is 2. The van der Waals surface area contributed by atoms with Gasteiger partial charge in [-0.1, -0.05) is 6.92 Å². The summed E-state index contributed by atoms with van der Waals surface area (Å²) in [6.45, 7) is 4.05. The Labute approximate surface area is 98.8 Å². The minimum absolute atomic E-state index is 0.224. The van der Waals surface area contributed by atoms with Crippen LogP contribution < -0.4 is 5.32 Å². The van der Waals surface area contributed by atoms with Gasteiger partial charge < -0.3 is 5.32 Å². The summed E-state index contributed by atoms with van der Waals surface area (Å²) in [5, 5.41) is 3.23. The van der Waals surface area contributed by atoms with Crippen LogP contribution in [0.25, 0.3) is 0 Å². The molecular weight excluding hydrogens is 254 g/mol. The zero-order valence-corrected chi connectivity index (χ0v) is 10.5. The van der Waals surface area contributed by atoms with E-state index in [9.17, 15) is 0 Å². The highest BCUT2D eigenvalue weighted by Gasteiger charge is 2.04. The quantitative estimate of drug-likeness (QED) is 0.673. The van der Waals surface area contributed by atoms with E-state index < -0.39 is 0 Å². The summed E-state index contributed by atoms with van der Waals surface area (Å²) in [6.07, 6.45) is 6.74. The summed E-state index contributed by atoms with van der Waals surface area (Å²) in [6, 6.07) is 2.08. The summed E-state index contributed by atoms with van der Waals surface area (Å²) >= 11 is 3.35. The minimum Gasteiger partial charge on any atom is -0.367 e. The van der Waals surface area contributed by atoms with E-state index >= 15 is 0 Å². The Balaban J connectivity index is 2.77. The average Bonchev–Trinajstić information content (AvgIpc) is 2.17. The highest BCUT2D eigenvalue weighted by atomic mass is 79.9. The molecule has 1 unspecified atom stereocenters. The van der Waals surface area contributed by atoms with Crippen LogP contribution in [-0.2, 0) is 6.42 Å².